The Balaban J connectivity index is 1.87. The molecule has 4 aromatic rings. The number of hydrogen-bond donors (Lipinski definition) is 1. The van der Waals surface area contributed by atoms with Gasteiger partial charge in [-0.25, -0.2) is 0 Å². The second kappa shape index (κ2) is 4.91. The zero-order valence-electron chi connectivity index (χ0n) is 11.1. The molecule has 0 aliphatic rings. The lowest BCUT2D eigenvalue weighted by Crippen LogP contribution is -2.01. The highest BCUT2D eigenvalue weighted by molar-refractivity contribution is 7.17. The second-order valence-electron chi connectivity index (χ2n) is 4.93. The van der Waals surface area contributed by atoms with Gasteiger partial charge < -0.3 is 5.11 Å². The lowest BCUT2D eigenvalue weighted by atomic mass is 9.99. The summed E-state index contributed by atoms with van der Waals surface area (Å²) in [6.45, 7) is 0. The number of aromatic nitrogens is 2. The maximum absolute atomic E-state index is 10.7. The molecule has 1 atom stereocenters. The molecule has 0 bridgehead atoms. The van der Waals surface area contributed by atoms with Crippen LogP contribution in [0.2, 0.25) is 0 Å². The van der Waals surface area contributed by atoms with E-state index in [1.165, 1.54) is 0 Å². The maximum atomic E-state index is 10.7. The Morgan fingerprint density at radius 1 is 1.05 bits per heavy atom. The number of pyridine rings is 2. The van der Waals surface area contributed by atoms with Gasteiger partial charge in [0.05, 0.1) is 10.2 Å². The molecule has 3 aromatic heterocycles. The van der Waals surface area contributed by atoms with E-state index in [1.807, 2.05) is 48.0 Å². The topological polar surface area (TPSA) is 46.0 Å². The largest absolute Gasteiger partial charge is 0.384 e. The van der Waals surface area contributed by atoms with Crippen LogP contribution in [-0.4, -0.2) is 15.1 Å². The first-order valence-electron chi connectivity index (χ1n) is 6.67. The lowest BCUT2D eigenvalue weighted by molar-refractivity contribution is 0.221. The van der Waals surface area contributed by atoms with Crippen molar-refractivity contribution in [2.24, 2.45) is 0 Å². The summed E-state index contributed by atoms with van der Waals surface area (Å²) in [6.07, 6.45) is 4.56. The van der Waals surface area contributed by atoms with E-state index < -0.39 is 6.10 Å². The zero-order chi connectivity index (χ0) is 14.2. The van der Waals surface area contributed by atoms with Gasteiger partial charge in [-0.3, -0.25) is 9.97 Å². The number of thiophene rings is 1. The number of fused-ring (bicyclic) bond motifs is 2. The normalized spacial score (nSPS) is 12.8. The molecular weight excluding hydrogens is 280 g/mol. The van der Waals surface area contributed by atoms with Crippen molar-refractivity contribution in [2.45, 2.75) is 6.10 Å². The Hall–Kier alpha value is -2.30. The SMILES string of the molecule is OC(c1cnc2ccsc2c1)c1cncc2ccccc12. The predicted octanol–water partition coefficient (Wildman–Crippen LogP) is 3.93. The van der Waals surface area contributed by atoms with Gasteiger partial charge in [-0.05, 0) is 22.9 Å². The monoisotopic (exact) mass is 292 g/mol. The van der Waals surface area contributed by atoms with E-state index in [0.29, 0.717) is 0 Å². The smallest absolute Gasteiger partial charge is 0.108 e. The summed E-state index contributed by atoms with van der Waals surface area (Å²) in [5, 5.41) is 14.8. The van der Waals surface area contributed by atoms with Gasteiger partial charge in [-0.2, -0.15) is 0 Å². The van der Waals surface area contributed by atoms with Crippen LogP contribution in [0, 0.1) is 0 Å². The van der Waals surface area contributed by atoms with Crippen molar-refractivity contribution in [3.8, 4) is 0 Å². The van der Waals surface area contributed by atoms with Crippen molar-refractivity contribution in [2.75, 3.05) is 0 Å². The van der Waals surface area contributed by atoms with Gasteiger partial charge in [-0.15, -0.1) is 11.3 Å². The van der Waals surface area contributed by atoms with Crippen LogP contribution < -0.4 is 0 Å². The third kappa shape index (κ3) is 2.09. The first-order valence-corrected chi connectivity index (χ1v) is 7.55. The van der Waals surface area contributed by atoms with E-state index in [9.17, 15) is 5.11 Å². The maximum Gasteiger partial charge on any atom is 0.108 e. The van der Waals surface area contributed by atoms with Crippen LogP contribution in [0.3, 0.4) is 0 Å². The van der Waals surface area contributed by atoms with E-state index in [2.05, 4.69) is 9.97 Å². The molecular formula is C17H12N2OS. The van der Waals surface area contributed by atoms with Gasteiger partial charge in [0.25, 0.3) is 0 Å². The summed E-state index contributed by atoms with van der Waals surface area (Å²) in [4.78, 5) is 8.63. The molecule has 0 aliphatic carbocycles. The van der Waals surface area contributed by atoms with Crippen molar-refractivity contribution in [1.29, 1.82) is 0 Å². The van der Waals surface area contributed by atoms with Crippen LogP contribution >= 0.6 is 11.3 Å². The molecule has 0 saturated heterocycles. The average Bonchev–Trinajstić information content (AvgIpc) is 3.01. The van der Waals surface area contributed by atoms with Crippen molar-refractivity contribution >= 4 is 32.3 Å². The molecule has 0 amide bonds. The van der Waals surface area contributed by atoms with E-state index in [1.54, 1.807) is 23.7 Å². The fourth-order valence-electron chi connectivity index (χ4n) is 2.55. The van der Waals surface area contributed by atoms with E-state index in [4.69, 9.17) is 0 Å². The Labute approximate surface area is 125 Å². The molecule has 4 heteroatoms. The average molecular weight is 292 g/mol. The fourth-order valence-corrected chi connectivity index (χ4v) is 3.34. The molecule has 102 valence electrons. The molecule has 0 radical (unpaired) electrons. The van der Waals surface area contributed by atoms with Crippen molar-refractivity contribution in [3.05, 3.63) is 71.5 Å². The Morgan fingerprint density at radius 2 is 1.95 bits per heavy atom. The summed E-state index contributed by atoms with van der Waals surface area (Å²) in [5.41, 5.74) is 2.57. The Morgan fingerprint density at radius 3 is 2.90 bits per heavy atom. The summed E-state index contributed by atoms with van der Waals surface area (Å²) >= 11 is 1.63. The minimum absolute atomic E-state index is 0.720. The first-order chi connectivity index (χ1) is 10.3. The number of aliphatic hydroxyl groups excluding tert-OH is 1. The summed E-state index contributed by atoms with van der Waals surface area (Å²) in [5.74, 6) is 0. The van der Waals surface area contributed by atoms with Gasteiger partial charge in [0.15, 0.2) is 0 Å². The molecule has 0 aliphatic heterocycles. The highest BCUT2D eigenvalue weighted by atomic mass is 32.1. The van der Waals surface area contributed by atoms with Gasteiger partial charge in [0.1, 0.15) is 6.10 Å². The van der Waals surface area contributed by atoms with Crippen LogP contribution in [0.1, 0.15) is 17.2 Å². The molecule has 0 fully saturated rings. The van der Waals surface area contributed by atoms with Crippen molar-refractivity contribution in [1.82, 2.24) is 9.97 Å². The fraction of sp³-hybridized carbons (Fsp3) is 0.0588. The molecule has 1 N–H and O–H groups in total. The third-order valence-electron chi connectivity index (χ3n) is 3.63. The third-order valence-corrected chi connectivity index (χ3v) is 4.49. The van der Waals surface area contributed by atoms with Crippen LogP contribution in [0.4, 0.5) is 0 Å². The minimum atomic E-state index is -0.720. The first kappa shape index (κ1) is 12.4. The molecule has 3 heterocycles. The number of rotatable bonds is 2. The van der Waals surface area contributed by atoms with Gasteiger partial charge in [0.2, 0.25) is 0 Å². The van der Waals surface area contributed by atoms with Crippen molar-refractivity contribution in [3.63, 3.8) is 0 Å². The molecule has 0 spiro atoms. The molecule has 4 rings (SSSR count). The number of nitrogens with zero attached hydrogens (tertiary/aromatic N) is 2. The summed E-state index contributed by atoms with van der Waals surface area (Å²) in [7, 11) is 0. The molecule has 3 nitrogen and oxygen atoms in total. The standard InChI is InChI=1S/C17H12N2OS/c20-17(12-7-16-15(19-9-12)5-6-21-16)14-10-18-8-11-3-1-2-4-13(11)14/h1-10,17,20H. The van der Waals surface area contributed by atoms with Gasteiger partial charge in [-0.1, -0.05) is 24.3 Å². The summed E-state index contributed by atoms with van der Waals surface area (Å²) < 4.78 is 1.08. The summed E-state index contributed by atoms with van der Waals surface area (Å²) in [6, 6.07) is 11.9. The van der Waals surface area contributed by atoms with E-state index in [-0.39, 0.29) is 0 Å². The van der Waals surface area contributed by atoms with Crippen LogP contribution in [0.25, 0.3) is 21.0 Å². The van der Waals surface area contributed by atoms with E-state index >= 15 is 0 Å². The molecule has 1 unspecified atom stereocenters. The lowest BCUT2D eigenvalue weighted by Gasteiger charge is -2.13. The Bertz CT molecular complexity index is 927. The van der Waals surface area contributed by atoms with Gasteiger partial charge in [0, 0.05) is 35.1 Å². The second-order valence-corrected chi connectivity index (χ2v) is 5.87. The minimum Gasteiger partial charge on any atom is -0.384 e. The number of hydrogen-bond acceptors (Lipinski definition) is 4. The molecule has 1 aromatic carbocycles. The van der Waals surface area contributed by atoms with E-state index in [0.717, 1.165) is 32.1 Å². The quantitative estimate of drug-likeness (QED) is 0.609. The predicted molar refractivity (Wildman–Crippen MR) is 85.4 cm³/mol. The molecule has 0 saturated carbocycles. The van der Waals surface area contributed by atoms with Crippen molar-refractivity contribution < 1.29 is 5.11 Å². The van der Waals surface area contributed by atoms with Gasteiger partial charge >= 0.3 is 0 Å². The zero-order valence-corrected chi connectivity index (χ0v) is 11.9. The van der Waals surface area contributed by atoms with Crippen LogP contribution in [0.15, 0.2) is 60.4 Å². The highest BCUT2D eigenvalue weighted by Crippen LogP contribution is 2.30. The van der Waals surface area contributed by atoms with Crippen LogP contribution in [0.5, 0.6) is 0 Å². The Kier molecular flexibility index (Phi) is 2.91. The highest BCUT2D eigenvalue weighted by Gasteiger charge is 2.15. The van der Waals surface area contributed by atoms with Crippen LogP contribution in [-0.2, 0) is 0 Å². The molecule has 21 heavy (non-hydrogen) atoms. The number of benzene rings is 1. The number of aliphatic hydroxyl groups is 1.